The Labute approximate surface area is 151 Å². The summed E-state index contributed by atoms with van der Waals surface area (Å²) in [5.41, 5.74) is 2.75. The number of fused-ring (bicyclic) bond motifs is 1. The van der Waals surface area contributed by atoms with E-state index < -0.39 is 23.8 Å². The van der Waals surface area contributed by atoms with Crippen LogP contribution in [0, 0.1) is 19.8 Å². The lowest BCUT2D eigenvalue weighted by atomic mass is 10.0. The molecule has 1 aromatic carbocycles. The van der Waals surface area contributed by atoms with E-state index in [0.29, 0.717) is 12.0 Å². The molecule has 2 amide bonds. The first-order valence-electron chi connectivity index (χ1n) is 8.48. The van der Waals surface area contributed by atoms with Gasteiger partial charge < -0.3 is 20.2 Å². The predicted octanol–water partition coefficient (Wildman–Crippen LogP) is 2.39. The Morgan fingerprint density at radius 3 is 2.38 bits per heavy atom. The second-order valence-corrected chi connectivity index (χ2v) is 6.86. The number of furan rings is 1. The number of hydrogen-bond acceptors (Lipinski definition) is 4. The Morgan fingerprint density at radius 2 is 1.77 bits per heavy atom. The third-order valence-electron chi connectivity index (χ3n) is 4.11. The van der Waals surface area contributed by atoms with E-state index in [4.69, 9.17) is 9.52 Å². The number of carbonyl (C=O) groups excluding carboxylic acids is 2. The summed E-state index contributed by atoms with van der Waals surface area (Å²) >= 11 is 0. The van der Waals surface area contributed by atoms with Gasteiger partial charge >= 0.3 is 5.97 Å². The molecule has 1 aromatic heterocycles. The molecule has 1 heterocycles. The minimum Gasteiger partial charge on any atom is -0.480 e. The lowest BCUT2D eigenvalue weighted by molar-refractivity contribution is -0.142. The number of benzene rings is 1. The van der Waals surface area contributed by atoms with E-state index in [-0.39, 0.29) is 18.2 Å². The average Bonchev–Trinajstić information content (AvgIpc) is 2.94. The van der Waals surface area contributed by atoms with Crippen LogP contribution in [-0.4, -0.2) is 35.5 Å². The normalized spacial score (nSPS) is 12.2. The van der Waals surface area contributed by atoms with Gasteiger partial charge in [0.15, 0.2) is 5.76 Å². The number of aliphatic carboxylic acids is 1. The number of hydrogen-bond donors (Lipinski definition) is 3. The Hall–Kier alpha value is -2.83. The molecule has 3 N–H and O–H groups in total. The van der Waals surface area contributed by atoms with Crippen molar-refractivity contribution in [3.63, 3.8) is 0 Å². The van der Waals surface area contributed by atoms with Gasteiger partial charge in [-0.15, -0.1) is 0 Å². The molecule has 0 radical (unpaired) electrons. The van der Waals surface area contributed by atoms with E-state index >= 15 is 0 Å². The SMILES string of the molecule is Cc1cc2cc(C(=O)NCC(=O)N[C@@H](CC(C)C)C(=O)O)oc2cc1C. The molecular weight excluding hydrogens is 336 g/mol. The van der Waals surface area contributed by atoms with Gasteiger partial charge in [-0.2, -0.15) is 0 Å². The molecule has 0 fully saturated rings. The number of amides is 2. The first-order chi connectivity index (χ1) is 12.2. The summed E-state index contributed by atoms with van der Waals surface area (Å²) in [6.07, 6.45) is 0.317. The fourth-order valence-electron chi connectivity index (χ4n) is 2.60. The van der Waals surface area contributed by atoms with Crippen LogP contribution < -0.4 is 10.6 Å². The number of aryl methyl sites for hydroxylation is 2. The molecule has 0 aliphatic carbocycles. The Bertz CT molecular complexity index is 799. The van der Waals surface area contributed by atoms with E-state index in [2.05, 4.69) is 10.6 Å². The molecule has 0 saturated heterocycles. The zero-order valence-electron chi connectivity index (χ0n) is 15.4. The molecule has 0 aliphatic heterocycles. The highest BCUT2D eigenvalue weighted by Gasteiger charge is 2.21. The largest absolute Gasteiger partial charge is 0.480 e. The fraction of sp³-hybridized carbons (Fsp3) is 0.421. The van der Waals surface area contributed by atoms with Crippen molar-refractivity contribution >= 4 is 28.8 Å². The molecule has 0 spiro atoms. The zero-order chi connectivity index (χ0) is 19.4. The molecular formula is C19H24N2O5. The predicted molar refractivity (Wildman–Crippen MR) is 97.0 cm³/mol. The van der Waals surface area contributed by atoms with Crippen LogP contribution >= 0.6 is 0 Å². The van der Waals surface area contributed by atoms with E-state index in [0.717, 1.165) is 16.5 Å². The van der Waals surface area contributed by atoms with Crippen molar-refractivity contribution in [2.45, 2.75) is 40.2 Å². The third kappa shape index (κ3) is 4.84. The highest BCUT2D eigenvalue weighted by Crippen LogP contribution is 2.23. The van der Waals surface area contributed by atoms with Crippen molar-refractivity contribution in [3.8, 4) is 0 Å². The Kier molecular flexibility index (Phi) is 6.02. The van der Waals surface area contributed by atoms with E-state index in [1.54, 1.807) is 6.07 Å². The second kappa shape index (κ2) is 8.03. The molecule has 0 bridgehead atoms. The van der Waals surface area contributed by atoms with E-state index in [1.165, 1.54) is 0 Å². The van der Waals surface area contributed by atoms with Crippen molar-refractivity contribution in [1.29, 1.82) is 0 Å². The van der Waals surface area contributed by atoms with Crippen molar-refractivity contribution < 1.29 is 23.9 Å². The topological polar surface area (TPSA) is 109 Å². The maximum atomic E-state index is 12.2. The molecule has 1 atom stereocenters. The summed E-state index contributed by atoms with van der Waals surface area (Å²) in [6.45, 7) is 7.35. The summed E-state index contributed by atoms with van der Waals surface area (Å²) in [6, 6.07) is 4.43. The summed E-state index contributed by atoms with van der Waals surface area (Å²) in [5, 5.41) is 14.8. The van der Waals surface area contributed by atoms with Crippen molar-refractivity contribution in [2.75, 3.05) is 6.54 Å². The first kappa shape index (κ1) is 19.5. The third-order valence-corrected chi connectivity index (χ3v) is 4.11. The van der Waals surface area contributed by atoms with E-state index in [9.17, 15) is 14.4 Å². The molecule has 2 rings (SSSR count). The van der Waals surface area contributed by atoms with Crippen LogP contribution in [0.4, 0.5) is 0 Å². The van der Waals surface area contributed by atoms with Gasteiger partial charge in [0.1, 0.15) is 11.6 Å². The Morgan fingerprint density at radius 1 is 1.12 bits per heavy atom. The fourth-order valence-corrected chi connectivity index (χ4v) is 2.60. The summed E-state index contributed by atoms with van der Waals surface area (Å²) < 4.78 is 5.53. The molecule has 2 aromatic rings. The molecule has 7 heteroatoms. The molecule has 140 valence electrons. The lowest BCUT2D eigenvalue weighted by Crippen LogP contribution is -2.46. The van der Waals surface area contributed by atoms with Crippen LogP contribution in [0.1, 0.15) is 41.9 Å². The van der Waals surface area contributed by atoms with Crippen molar-refractivity contribution in [1.82, 2.24) is 10.6 Å². The summed E-state index contributed by atoms with van der Waals surface area (Å²) in [5.74, 6) is -1.96. The molecule has 26 heavy (non-hydrogen) atoms. The lowest BCUT2D eigenvalue weighted by Gasteiger charge is -2.16. The van der Waals surface area contributed by atoms with Gasteiger partial charge in [0.2, 0.25) is 5.91 Å². The smallest absolute Gasteiger partial charge is 0.326 e. The van der Waals surface area contributed by atoms with Gasteiger partial charge in [-0.25, -0.2) is 4.79 Å². The van der Waals surface area contributed by atoms with Crippen LogP contribution in [0.2, 0.25) is 0 Å². The Balaban J connectivity index is 1.97. The monoisotopic (exact) mass is 360 g/mol. The standard InChI is InChI=1S/C19H24N2O5/c1-10(2)5-14(19(24)25)21-17(22)9-20-18(23)16-8-13-6-11(3)12(4)7-15(13)26-16/h6-8,10,14H,5,9H2,1-4H3,(H,20,23)(H,21,22)(H,24,25)/t14-/m0/s1. The first-order valence-corrected chi connectivity index (χ1v) is 8.48. The van der Waals surface area contributed by atoms with Gasteiger partial charge in [0.05, 0.1) is 6.54 Å². The second-order valence-electron chi connectivity index (χ2n) is 6.86. The van der Waals surface area contributed by atoms with Crippen molar-refractivity contribution in [2.24, 2.45) is 5.92 Å². The minimum atomic E-state index is -1.10. The van der Waals surface area contributed by atoms with Gasteiger partial charge in [-0.05, 0) is 55.5 Å². The highest BCUT2D eigenvalue weighted by atomic mass is 16.4. The van der Waals surface area contributed by atoms with Gasteiger partial charge in [0.25, 0.3) is 5.91 Å². The quantitative estimate of drug-likeness (QED) is 0.702. The summed E-state index contributed by atoms with van der Waals surface area (Å²) in [7, 11) is 0. The van der Waals surface area contributed by atoms with Crippen LogP contribution in [0.25, 0.3) is 11.0 Å². The number of carbonyl (C=O) groups is 3. The van der Waals surface area contributed by atoms with Gasteiger partial charge in [0, 0.05) is 5.39 Å². The van der Waals surface area contributed by atoms with Crippen LogP contribution in [-0.2, 0) is 9.59 Å². The zero-order valence-corrected chi connectivity index (χ0v) is 15.4. The highest BCUT2D eigenvalue weighted by molar-refractivity contribution is 5.98. The van der Waals surface area contributed by atoms with Crippen molar-refractivity contribution in [3.05, 3.63) is 35.1 Å². The number of carboxylic acids is 1. The van der Waals surface area contributed by atoms with Crippen LogP contribution in [0.15, 0.2) is 22.6 Å². The van der Waals surface area contributed by atoms with Crippen LogP contribution in [0.5, 0.6) is 0 Å². The number of carboxylic acid groups (broad SMARTS) is 1. The van der Waals surface area contributed by atoms with Crippen LogP contribution in [0.3, 0.4) is 0 Å². The van der Waals surface area contributed by atoms with E-state index in [1.807, 2.05) is 39.8 Å². The molecule has 0 unspecified atom stereocenters. The van der Waals surface area contributed by atoms with Gasteiger partial charge in [-0.3, -0.25) is 9.59 Å². The average molecular weight is 360 g/mol. The molecule has 0 saturated carbocycles. The number of rotatable bonds is 7. The molecule has 7 nitrogen and oxygen atoms in total. The maximum absolute atomic E-state index is 12.2. The maximum Gasteiger partial charge on any atom is 0.326 e. The number of nitrogens with one attached hydrogen (secondary N) is 2. The van der Waals surface area contributed by atoms with Gasteiger partial charge in [-0.1, -0.05) is 13.8 Å². The summed E-state index contributed by atoms with van der Waals surface area (Å²) in [4.78, 5) is 35.3. The molecule has 0 aliphatic rings. The minimum absolute atomic E-state index is 0.106.